The molecule has 18 heavy (non-hydrogen) atoms. The van der Waals surface area contributed by atoms with Gasteiger partial charge in [0.15, 0.2) is 0 Å². The number of thioether (sulfide) groups is 1. The van der Waals surface area contributed by atoms with E-state index < -0.39 is 0 Å². The van der Waals surface area contributed by atoms with Gasteiger partial charge in [-0.05, 0) is 33.8 Å². The number of benzene rings is 1. The quantitative estimate of drug-likeness (QED) is 0.677. The average molecular weight is 331 g/mol. The molecule has 1 heterocycles. The van der Waals surface area contributed by atoms with E-state index in [9.17, 15) is 9.59 Å². The van der Waals surface area contributed by atoms with Crippen LogP contribution in [-0.4, -0.2) is 24.8 Å². The number of hydrogen-bond donors (Lipinski definition) is 1. The van der Waals surface area contributed by atoms with Crippen molar-refractivity contribution in [3.05, 3.63) is 22.2 Å². The number of amides is 1. The number of carbonyl (C=O) groups excluding carboxylic acids is 2. The van der Waals surface area contributed by atoms with Crippen molar-refractivity contribution in [2.24, 2.45) is 0 Å². The van der Waals surface area contributed by atoms with Crippen LogP contribution in [0, 0.1) is 0 Å². The van der Waals surface area contributed by atoms with Crippen LogP contribution in [0.3, 0.4) is 0 Å². The van der Waals surface area contributed by atoms with Crippen LogP contribution in [0.25, 0.3) is 0 Å². The zero-order chi connectivity index (χ0) is 13.1. The van der Waals surface area contributed by atoms with Gasteiger partial charge in [0.25, 0.3) is 5.91 Å². The number of anilines is 1. The highest BCUT2D eigenvalue weighted by Crippen LogP contribution is 2.35. The van der Waals surface area contributed by atoms with Crippen LogP contribution in [0.4, 0.5) is 5.69 Å². The maximum absolute atomic E-state index is 11.8. The van der Waals surface area contributed by atoms with Gasteiger partial charge in [0, 0.05) is 9.37 Å². The van der Waals surface area contributed by atoms with Crippen molar-refractivity contribution in [3.8, 4) is 0 Å². The van der Waals surface area contributed by atoms with Gasteiger partial charge >= 0.3 is 6.47 Å². The first kappa shape index (κ1) is 13.2. The molecule has 7 heteroatoms. The minimum atomic E-state index is -0.166. The molecule has 1 aliphatic rings. The van der Waals surface area contributed by atoms with Crippen LogP contribution in [0.5, 0.6) is 0 Å². The monoisotopic (exact) mass is 330 g/mol. The first-order chi connectivity index (χ1) is 8.67. The second-order valence-corrected chi connectivity index (χ2v) is 5.64. The molecule has 0 atom stereocenters. The summed E-state index contributed by atoms with van der Waals surface area (Å²) in [4.78, 5) is 28.0. The smallest absolute Gasteiger partial charge is 0.320 e. The molecule has 0 aromatic heterocycles. The molecule has 0 aliphatic carbocycles. The fraction of sp³-hybridized carbons (Fsp3) is 0.273. The molecule has 0 spiro atoms. The summed E-state index contributed by atoms with van der Waals surface area (Å²) < 4.78 is 0.877. The lowest BCUT2D eigenvalue weighted by molar-refractivity contribution is -0.130. The average Bonchev–Trinajstić information content (AvgIpc) is 2.35. The van der Waals surface area contributed by atoms with Gasteiger partial charge < -0.3 is 10.2 Å². The number of rotatable bonds is 4. The molecule has 1 N–H and O–H groups in total. The van der Waals surface area contributed by atoms with E-state index in [1.165, 1.54) is 5.06 Å². The Morgan fingerprint density at radius 1 is 1.61 bits per heavy atom. The number of hydroxylamine groups is 1. The number of nitrogens with zero attached hydrogens (tertiary/aromatic N) is 1. The van der Waals surface area contributed by atoms with Crippen LogP contribution in [0.2, 0.25) is 0 Å². The van der Waals surface area contributed by atoms with Gasteiger partial charge in [0.2, 0.25) is 0 Å². The Morgan fingerprint density at radius 2 is 2.39 bits per heavy atom. The summed E-state index contributed by atoms with van der Waals surface area (Å²) in [5, 5.41) is 3.98. The van der Waals surface area contributed by atoms with Gasteiger partial charge in [-0.1, -0.05) is 6.92 Å². The highest BCUT2D eigenvalue weighted by molar-refractivity contribution is 9.10. The van der Waals surface area contributed by atoms with E-state index in [2.05, 4.69) is 21.2 Å². The van der Waals surface area contributed by atoms with E-state index in [0.29, 0.717) is 17.7 Å². The van der Waals surface area contributed by atoms with E-state index >= 15 is 0 Å². The van der Waals surface area contributed by atoms with E-state index in [1.54, 1.807) is 23.9 Å². The summed E-state index contributed by atoms with van der Waals surface area (Å²) in [6.45, 7) is 2.53. The van der Waals surface area contributed by atoms with Crippen LogP contribution in [0.15, 0.2) is 21.5 Å². The van der Waals surface area contributed by atoms with Gasteiger partial charge in [-0.15, -0.1) is 11.8 Å². The zero-order valence-electron chi connectivity index (χ0n) is 9.60. The Balaban J connectivity index is 2.46. The minimum absolute atomic E-state index is 0.150. The third-order valence-electron chi connectivity index (χ3n) is 2.42. The van der Waals surface area contributed by atoms with Crippen LogP contribution in [0.1, 0.15) is 17.3 Å². The molecule has 0 radical (unpaired) electrons. The van der Waals surface area contributed by atoms with Crippen molar-refractivity contribution < 1.29 is 14.4 Å². The summed E-state index contributed by atoms with van der Waals surface area (Å²) in [6, 6.07) is 3.58. The molecule has 1 aromatic rings. The summed E-state index contributed by atoms with van der Waals surface area (Å²) in [5.74, 6) is 0.745. The lowest BCUT2D eigenvalue weighted by Crippen LogP contribution is -2.43. The second kappa shape index (κ2) is 5.62. The lowest BCUT2D eigenvalue weighted by atomic mass is 10.1. The normalized spacial score (nSPS) is 13.9. The van der Waals surface area contributed by atoms with E-state index in [4.69, 9.17) is 4.84 Å². The maximum Gasteiger partial charge on any atom is 0.320 e. The van der Waals surface area contributed by atoms with E-state index in [0.717, 1.165) is 15.1 Å². The van der Waals surface area contributed by atoms with E-state index in [1.807, 2.05) is 6.92 Å². The Bertz CT molecular complexity index is 495. The minimum Gasteiger partial charge on any atom is -0.342 e. The summed E-state index contributed by atoms with van der Waals surface area (Å²) in [7, 11) is 0. The molecule has 0 bridgehead atoms. The van der Waals surface area contributed by atoms with Crippen LogP contribution in [-0.2, 0) is 9.63 Å². The van der Waals surface area contributed by atoms with Gasteiger partial charge in [-0.2, -0.15) is 5.06 Å². The summed E-state index contributed by atoms with van der Waals surface area (Å²) in [5.41, 5.74) is 1.08. The molecule has 0 saturated heterocycles. The standard InChI is InChI=1S/C11H11BrN2O3S/c1-2-18-10-3-7-9(4-8(10)12)14(17-6-15)5-13-11(7)16/h3-4,6H,2,5H2,1H3,(H,13,16). The molecule has 2 rings (SSSR count). The second-order valence-electron chi connectivity index (χ2n) is 3.48. The van der Waals surface area contributed by atoms with Gasteiger partial charge in [0.05, 0.1) is 11.3 Å². The Labute approximate surface area is 117 Å². The number of halogens is 1. The lowest BCUT2D eigenvalue weighted by Gasteiger charge is -2.28. The van der Waals surface area contributed by atoms with Crippen molar-refractivity contribution in [1.82, 2.24) is 5.32 Å². The molecule has 96 valence electrons. The molecular weight excluding hydrogens is 320 g/mol. The number of hydrogen-bond acceptors (Lipinski definition) is 5. The fourth-order valence-electron chi connectivity index (χ4n) is 1.67. The third-order valence-corrected chi connectivity index (χ3v) is 4.27. The predicted molar refractivity (Wildman–Crippen MR) is 72.5 cm³/mol. The summed E-state index contributed by atoms with van der Waals surface area (Å²) in [6.07, 6.45) is 0. The maximum atomic E-state index is 11.8. The van der Waals surface area contributed by atoms with Gasteiger partial charge in [0.1, 0.15) is 6.67 Å². The van der Waals surface area contributed by atoms with Crippen molar-refractivity contribution in [2.75, 3.05) is 17.5 Å². The molecule has 0 unspecified atom stereocenters. The molecule has 0 saturated carbocycles. The predicted octanol–water partition coefficient (Wildman–Crippen LogP) is 2.16. The van der Waals surface area contributed by atoms with Gasteiger partial charge in [-0.25, -0.2) is 0 Å². The zero-order valence-corrected chi connectivity index (χ0v) is 12.0. The molecule has 0 fully saturated rings. The van der Waals surface area contributed by atoms with Gasteiger partial charge in [-0.3, -0.25) is 9.59 Å². The fourth-order valence-corrected chi connectivity index (χ4v) is 3.05. The van der Waals surface area contributed by atoms with E-state index in [-0.39, 0.29) is 12.6 Å². The largest absolute Gasteiger partial charge is 0.342 e. The molecule has 1 amide bonds. The van der Waals surface area contributed by atoms with Crippen molar-refractivity contribution in [1.29, 1.82) is 0 Å². The van der Waals surface area contributed by atoms with Crippen molar-refractivity contribution in [3.63, 3.8) is 0 Å². The van der Waals surface area contributed by atoms with Crippen LogP contribution < -0.4 is 10.4 Å². The van der Waals surface area contributed by atoms with Crippen molar-refractivity contribution >= 4 is 45.8 Å². The molecular formula is C11H11BrN2O3S. The third kappa shape index (κ3) is 2.46. The Kier molecular flexibility index (Phi) is 4.13. The first-order valence-electron chi connectivity index (χ1n) is 5.30. The number of carbonyl (C=O) groups is 2. The molecule has 1 aliphatic heterocycles. The van der Waals surface area contributed by atoms with Crippen LogP contribution >= 0.6 is 27.7 Å². The number of fused-ring (bicyclic) bond motifs is 1. The topological polar surface area (TPSA) is 58.6 Å². The Hall–Kier alpha value is -1.21. The summed E-state index contributed by atoms with van der Waals surface area (Å²) >= 11 is 5.09. The first-order valence-corrected chi connectivity index (χ1v) is 7.07. The highest BCUT2D eigenvalue weighted by Gasteiger charge is 2.25. The highest BCUT2D eigenvalue weighted by atomic mass is 79.9. The molecule has 1 aromatic carbocycles. The SMILES string of the molecule is CCSc1cc2c(cc1Br)N(OC=O)CNC2=O. The number of nitrogens with one attached hydrogen (secondary N) is 1. The van der Waals surface area contributed by atoms with Crippen molar-refractivity contribution in [2.45, 2.75) is 11.8 Å². The molecule has 5 nitrogen and oxygen atoms in total. The Morgan fingerprint density at radius 3 is 3.06 bits per heavy atom.